The number of aromatic nitrogens is 3. The van der Waals surface area contributed by atoms with Gasteiger partial charge in [-0.3, -0.25) is 0 Å². The van der Waals surface area contributed by atoms with Gasteiger partial charge in [0.15, 0.2) is 0 Å². The first-order valence-corrected chi connectivity index (χ1v) is 8.03. The summed E-state index contributed by atoms with van der Waals surface area (Å²) in [6.07, 6.45) is 3.97. The Morgan fingerprint density at radius 1 is 1.29 bits per heavy atom. The smallest absolute Gasteiger partial charge is 0.223 e. The molecule has 21 heavy (non-hydrogen) atoms. The van der Waals surface area contributed by atoms with E-state index in [4.69, 9.17) is 5.73 Å². The van der Waals surface area contributed by atoms with E-state index in [1.165, 1.54) is 4.88 Å². The van der Waals surface area contributed by atoms with Crippen molar-refractivity contribution in [2.45, 2.75) is 39.7 Å². The van der Waals surface area contributed by atoms with Gasteiger partial charge in [0.2, 0.25) is 5.95 Å². The molecule has 114 valence electrons. The third-order valence-corrected chi connectivity index (χ3v) is 4.28. The summed E-state index contributed by atoms with van der Waals surface area (Å²) in [7, 11) is 0. The lowest BCUT2D eigenvalue weighted by Crippen LogP contribution is -2.11. The lowest BCUT2D eigenvalue weighted by molar-refractivity contribution is 0.858. The molecule has 0 aliphatic rings. The molecule has 0 bridgehead atoms. The molecule has 0 spiro atoms. The van der Waals surface area contributed by atoms with E-state index in [9.17, 15) is 0 Å². The van der Waals surface area contributed by atoms with Crippen molar-refractivity contribution in [3.05, 3.63) is 22.1 Å². The number of nitrogens with one attached hydrogen (secondary N) is 2. The molecule has 0 saturated heterocycles. The van der Waals surface area contributed by atoms with Crippen molar-refractivity contribution in [1.82, 2.24) is 15.0 Å². The molecule has 4 N–H and O–H groups in total. The van der Waals surface area contributed by atoms with Crippen molar-refractivity contribution in [1.29, 1.82) is 0 Å². The highest BCUT2D eigenvalue weighted by atomic mass is 32.1. The predicted molar refractivity (Wildman–Crippen MR) is 88.8 cm³/mol. The van der Waals surface area contributed by atoms with Crippen LogP contribution in [0.2, 0.25) is 0 Å². The zero-order chi connectivity index (χ0) is 15.2. The maximum atomic E-state index is 5.76. The van der Waals surface area contributed by atoms with Crippen molar-refractivity contribution in [3.63, 3.8) is 0 Å². The Kier molecular flexibility index (Phi) is 5.32. The van der Waals surface area contributed by atoms with Gasteiger partial charge in [0.05, 0.1) is 6.04 Å². The first-order valence-electron chi connectivity index (χ1n) is 7.22. The highest BCUT2D eigenvalue weighted by molar-refractivity contribution is 7.11. The molecule has 2 aromatic heterocycles. The third-order valence-electron chi connectivity index (χ3n) is 2.95. The number of anilines is 3. The Labute approximate surface area is 129 Å². The van der Waals surface area contributed by atoms with Crippen molar-refractivity contribution in [2.75, 3.05) is 22.9 Å². The van der Waals surface area contributed by atoms with E-state index in [1.807, 2.05) is 12.3 Å². The Bertz CT molecular complexity index is 583. The van der Waals surface area contributed by atoms with E-state index in [0.29, 0.717) is 5.82 Å². The van der Waals surface area contributed by atoms with Gasteiger partial charge in [-0.15, -0.1) is 11.3 Å². The first kappa shape index (κ1) is 15.5. The number of aryl methyl sites for hydroxylation is 1. The first-order chi connectivity index (χ1) is 10.1. The van der Waals surface area contributed by atoms with Crippen LogP contribution in [-0.4, -0.2) is 21.5 Å². The molecule has 0 fully saturated rings. The lowest BCUT2D eigenvalue weighted by atomic mass is 10.3. The second kappa shape index (κ2) is 7.21. The second-order valence-corrected chi connectivity index (χ2v) is 5.95. The van der Waals surface area contributed by atoms with Gasteiger partial charge in [-0.25, -0.2) is 4.98 Å². The summed E-state index contributed by atoms with van der Waals surface area (Å²) in [6.45, 7) is 7.16. The fourth-order valence-electron chi connectivity index (χ4n) is 1.85. The van der Waals surface area contributed by atoms with Crippen LogP contribution >= 0.6 is 11.3 Å². The molecule has 2 aromatic rings. The van der Waals surface area contributed by atoms with Gasteiger partial charge in [-0.1, -0.05) is 13.8 Å². The van der Waals surface area contributed by atoms with Gasteiger partial charge < -0.3 is 16.4 Å². The maximum Gasteiger partial charge on any atom is 0.223 e. The molecule has 0 aromatic carbocycles. The fraction of sp³-hybridized carbons (Fsp3) is 0.500. The van der Waals surface area contributed by atoms with E-state index >= 15 is 0 Å². The van der Waals surface area contributed by atoms with E-state index < -0.39 is 0 Å². The summed E-state index contributed by atoms with van der Waals surface area (Å²) in [6, 6.07) is 1.96. The molecule has 6 nitrogen and oxygen atoms in total. The summed E-state index contributed by atoms with van der Waals surface area (Å²) >= 11 is 1.72. The standard InChI is InChI=1S/C14H22N6S/c1-4-6-16-11-7-12(20-14(15)19-11)18-9(3)13-17-8-10(5-2)21-13/h7-9H,4-6H2,1-3H3,(H4,15,16,18,19,20). The van der Waals surface area contributed by atoms with E-state index in [0.717, 1.165) is 30.2 Å². The lowest BCUT2D eigenvalue weighted by Gasteiger charge is -2.13. The molecule has 1 unspecified atom stereocenters. The van der Waals surface area contributed by atoms with Crippen LogP contribution in [0.4, 0.5) is 17.6 Å². The molecule has 2 rings (SSSR count). The summed E-state index contributed by atoms with van der Waals surface area (Å²) in [5.74, 6) is 1.72. The quantitative estimate of drug-likeness (QED) is 0.728. The van der Waals surface area contributed by atoms with Crippen molar-refractivity contribution in [2.24, 2.45) is 0 Å². The van der Waals surface area contributed by atoms with Crippen LogP contribution in [-0.2, 0) is 6.42 Å². The van der Waals surface area contributed by atoms with Crippen molar-refractivity contribution >= 4 is 28.9 Å². The van der Waals surface area contributed by atoms with Crippen LogP contribution in [0.25, 0.3) is 0 Å². The number of hydrogen-bond acceptors (Lipinski definition) is 7. The number of nitrogen functional groups attached to an aromatic ring is 1. The highest BCUT2D eigenvalue weighted by Crippen LogP contribution is 2.24. The third kappa shape index (κ3) is 4.29. The predicted octanol–water partition coefficient (Wildman–Crippen LogP) is 3.07. The van der Waals surface area contributed by atoms with E-state index in [2.05, 4.69) is 46.4 Å². The molecule has 0 aliphatic heterocycles. The number of thiazole rings is 1. The van der Waals surface area contributed by atoms with Crippen LogP contribution in [0.15, 0.2) is 12.3 Å². The topological polar surface area (TPSA) is 88.8 Å². The van der Waals surface area contributed by atoms with Crippen LogP contribution in [0.3, 0.4) is 0 Å². The molecular formula is C14H22N6S. The normalized spacial score (nSPS) is 12.1. The SMILES string of the molecule is CCCNc1cc(NC(C)c2ncc(CC)s2)nc(N)n1. The molecule has 0 radical (unpaired) electrons. The molecule has 0 saturated carbocycles. The average molecular weight is 306 g/mol. The van der Waals surface area contributed by atoms with E-state index in [-0.39, 0.29) is 12.0 Å². The Morgan fingerprint density at radius 3 is 2.71 bits per heavy atom. The van der Waals surface area contributed by atoms with Crippen LogP contribution < -0.4 is 16.4 Å². The van der Waals surface area contributed by atoms with Gasteiger partial charge in [0.25, 0.3) is 0 Å². The number of nitrogens with zero attached hydrogens (tertiary/aromatic N) is 3. The Morgan fingerprint density at radius 2 is 2.05 bits per heavy atom. The van der Waals surface area contributed by atoms with Crippen molar-refractivity contribution < 1.29 is 0 Å². The second-order valence-electron chi connectivity index (χ2n) is 4.81. The minimum Gasteiger partial charge on any atom is -0.370 e. The maximum absolute atomic E-state index is 5.76. The number of hydrogen-bond donors (Lipinski definition) is 3. The monoisotopic (exact) mass is 306 g/mol. The minimum absolute atomic E-state index is 0.0867. The van der Waals surface area contributed by atoms with Gasteiger partial charge >= 0.3 is 0 Å². The average Bonchev–Trinajstić information content (AvgIpc) is 2.93. The van der Waals surface area contributed by atoms with E-state index in [1.54, 1.807) is 11.3 Å². The van der Waals surface area contributed by atoms with Gasteiger partial charge in [0, 0.05) is 23.7 Å². The Hall–Kier alpha value is -1.89. The van der Waals surface area contributed by atoms with Crippen LogP contribution in [0.1, 0.15) is 43.1 Å². The van der Waals surface area contributed by atoms with Crippen LogP contribution in [0.5, 0.6) is 0 Å². The highest BCUT2D eigenvalue weighted by Gasteiger charge is 2.11. The molecular weight excluding hydrogens is 284 g/mol. The molecule has 0 amide bonds. The molecule has 7 heteroatoms. The van der Waals surface area contributed by atoms with Gasteiger partial charge in [0.1, 0.15) is 16.6 Å². The van der Waals surface area contributed by atoms with Gasteiger partial charge in [-0.05, 0) is 19.8 Å². The van der Waals surface area contributed by atoms with Crippen LogP contribution in [0, 0.1) is 0 Å². The number of rotatable bonds is 7. The zero-order valence-electron chi connectivity index (χ0n) is 12.7. The fourth-order valence-corrected chi connectivity index (χ4v) is 2.71. The minimum atomic E-state index is 0.0867. The summed E-state index contributed by atoms with van der Waals surface area (Å²) in [4.78, 5) is 14.1. The largest absolute Gasteiger partial charge is 0.370 e. The Balaban J connectivity index is 2.08. The summed E-state index contributed by atoms with van der Waals surface area (Å²) < 4.78 is 0. The van der Waals surface area contributed by atoms with Crippen molar-refractivity contribution in [3.8, 4) is 0 Å². The molecule has 1 atom stereocenters. The summed E-state index contributed by atoms with van der Waals surface area (Å²) in [5, 5.41) is 7.60. The number of nitrogens with two attached hydrogens (primary N) is 1. The molecule has 2 heterocycles. The summed E-state index contributed by atoms with van der Waals surface area (Å²) in [5.41, 5.74) is 5.76. The molecule has 0 aliphatic carbocycles. The zero-order valence-corrected chi connectivity index (χ0v) is 13.5. The van der Waals surface area contributed by atoms with Gasteiger partial charge in [-0.2, -0.15) is 9.97 Å².